The number of fused-ring (bicyclic) bond motifs is 5. The van der Waals surface area contributed by atoms with Crippen molar-refractivity contribution in [2.24, 2.45) is 0 Å². The minimum absolute atomic E-state index is 0. The summed E-state index contributed by atoms with van der Waals surface area (Å²) in [7, 11) is 0. The van der Waals surface area contributed by atoms with E-state index in [4.69, 9.17) is 15.0 Å². The van der Waals surface area contributed by atoms with Crippen LogP contribution in [0, 0.1) is 13.8 Å². The second-order valence-corrected chi connectivity index (χ2v) is 13.8. The Bertz CT molecular complexity index is 3030. The Morgan fingerprint density at radius 2 is 1.20 bits per heavy atom. The molecule has 7 aromatic carbocycles. The molecule has 0 aliphatic carbocycles. The maximum Gasteiger partial charge on any atom is 0.144 e. The molecule has 3 aromatic heterocycles. The second-order valence-electron chi connectivity index (χ2n) is 13.8. The van der Waals surface area contributed by atoms with Crippen molar-refractivity contribution in [1.82, 2.24) is 19.5 Å². The minimum Gasteiger partial charge on any atom is -0.656 e. The van der Waals surface area contributed by atoms with E-state index in [2.05, 4.69) is 146 Å². The van der Waals surface area contributed by atoms with Crippen LogP contribution in [0.4, 0.5) is 0 Å². The van der Waals surface area contributed by atoms with Gasteiger partial charge in [-0.25, -0.2) is 9.97 Å². The van der Waals surface area contributed by atoms with Crippen LogP contribution in [0.15, 0.2) is 158 Å². The molecule has 0 spiro atoms. The molecule has 0 amide bonds. The van der Waals surface area contributed by atoms with Crippen LogP contribution in [0.25, 0.3) is 94.3 Å². The maximum absolute atomic E-state index is 11.2. The molecule has 262 valence electrons. The van der Waals surface area contributed by atoms with E-state index in [0.29, 0.717) is 5.52 Å². The Hall–Kier alpha value is -6.29. The number of hydrogen-bond acceptors (Lipinski definition) is 3. The van der Waals surface area contributed by atoms with Crippen LogP contribution in [0.5, 0.6) is 5.75 Å². The number of nitrogens with zero attached hydrogens (tertiary/aromatic N) is 4. The number of benzene rings is 7. The second kappa shape index (κ2) is 13.3. The summed E-state index contributed by atoms with van der Waals surface area (Å²) < 4.78 is 2.25. The van der Waals surface area contributed by atoms with Gasteiger partial charge in [-0.1, -0.05) is 139 Å². The number of pyridine rings is 1. The van der Waals surface area contributed by atoms with Gasteiger partial charge in [0.05, 0.1) is 16.7 Å². The van der Waals surface area contributed by atoms with Gasteiger partial charge in [0.2, 0.25) is 0 Å². The zero-order valence-corrected chi connectivity index (χ0v) is 31.8. The smallest absolute Gasteiger partial charge is 0.144 e. The van der Waals surface area contributed by atoms with E-state index < -0.39 is 0 Å². The average molecular weight is 877 g/mol. The Labute approximate surface area is 326 Å². The van der Waals surface area contributed by atoms with Gasteiger partial charge in [0.15, 0.2) is 0 Å². The molecule has 0 radical (unpaired) electrons. The van der Waals surface area contributed by atoms with Gasteiger partial charge in [0.25, 0.3) is 0 Å². The van der Waals surface area contributed by atoms with E-state index in [1.165, 1.54) is 11.1 Å². The van der Waals surface area contributed by atoms with Crippen LogP contribution < -0.4 is 4.98 Å². The molecular weight excluding hydrogens is 844 g/mol. The summed E-state index contributed by atoms with van der Waals surface area (Å²) in [6, 6.07) is 54.3. The molecule has 10 rings (SSSR count). The monoisotopic (exact) mass is 876 g/mol. The Kier molecular flexibility index (Phi) is 8.25. The standard InChI is InChI=1S/C48H33N4O.Pt/c1-29-24-30(2)26-33(25-29)40-28-42(50-47-37(40)18-11-23-44(47)53)38-19-10-22-43-46(38)51-48(39-20-9-17-36-35-16-6-7-21-41(35)49-45(36)39)52(43)34-15-8-14-32(27-34)31-12-4-3-5-13-31;/h3-28H,1-2H3,(H-,49,50,51,53);/q-1;. The van der Waals surface area contributed by atoms with Crippen LogP contribution >= 0.6 is 0 Å². The van der Waals surface area contributed by atoms with E-state index >= 15 is 0 Å². The number of aromatic nitrogens is 4. The summed E-state index contributed by atoms with van der Waals surface area (Å²) in [6.45, 7) is 4.23. The van der Waals surface area contributed by atoms with Crippen LogP contribution in [-0.4, -0.2) is 19.6 Å². The molecule has 1 N–H and O–H groups in total. The van der Waals surface area contributed by atoms with Gasteiger partial charge in [0, 0.05) is 43.3 Å². The van der Waals surface area contributed by atoms with Crippen molar-refractivity contribution in [3.63, 3.8) is 0 Å². The molecule has 3 heterocycles. The summed E-state index contributed by atoms with van der Waals surface area (Å²) in [4.78, 5) is 15.8. The fourth-order valence-corrected chi connectivity index (χ4v) is 7.92. The molecule has 6 heteroatoms. The summed E-state index contributed by atoms with van der Waals surface area (Å²) in [5.74, 6) is 0.941. The van der Waals surface area contributed by atoms with E-state index in [9.17, 15) is 5.11 Å². The molecule has 0 saturated heterocycles. The molecule has 10 aromatic rings. The van der Waals surface area contributed by atoms with E-state index in [0.717, 1.165) is 88.8 Å². The Balaban J connectivity index is 0.00000384. The molecule has 0 aliphatic heterocycles. The average Bonchev–Trinajstić information content (AvgIpc) is 3.77. The van der Waals surface area contributed by atoms with Crippen molar-refractivity contribution in [1.29, 1.82) is 0 Å². The molecule has 0 unspecified atom stereocenters. The van der Waals surface area contributed by atoms with Gasteiger partial charge in [-0.05, 0) is 77.2 Å². The SMILES string of the molecule is Cc1cc(C)cc(-c2cc(-c3cccc4c3nc(-c3cccc5c3[n-]c3ccccc35)n4-c3cccc(-c4ccccc4)c3)nc3c(O)cccc23)c1.[Pt]. The normalized spacial score (nSPS) is 11.4. The molecular formula is C48H33N4OPt-. The van der Waals surface area contributed by atoms with Crippen molar-refractivity contribution >= 4 is 43.7 Å². The number of phenolic OH excluding ortho intramolecular Hbond substituents is 1. The number of aryl methyl sites for hydroxylation is 2. The molecule has 0 aliphatic rings. The van der Waals surface area contributed by atoms with Gasteiger partial charge < -0.3 is 10.1 Å². The molecule has 5 nitrogen and oxygen atoms in total. The van der Waals surface area contributed by atoms with Gasteiger partial charge in [-0.2, -0.15) is 0 Å². The van der Waals surface area contributed by atoms with Crippen molar-refractivity contribution < 1.29 is 26.2 Å². The number of para-hydroxylation sites is 4. The maximum atomic E-state index is 11.2. The first-order chi connectivity index (χ1) is 26.0. The van der Waals surface area contributed by atoms with Crippen molar-refractivity contribution in [2.75, 3.05) is 0 Å². The third kappa shape index (κ3) is 5.52. The van der Waals surface area contributed by atoms with Crippen LogP contribution in [0.1, 0.15) is 11.1 Å². The predicted octanol–water partition coefficient (Wildman–Crippen LogP) is 11.8. The van der Waals surface area contributed by atoms with Crippen molar-refractivity contribution in [3.8, 4) is 56.3 Å². The Morgan fingerprint density at radius 1 is 0.519 bits per heavy atom. The predicted molar refractivity (Wildman–Crippen MR) is 218 cm³/mol. The zero-order chi connectivity index (χ0) is 35.6. The van der Waals surface area contributed by atoms with Crippen LogP contribution in [0.2, 0.25) is 0 Å². The fourth-order valence-electron chi connectivity index (χ4n) is 7.92. The van der Waals surface area contributed by atoms with Gasteiger partial charge >= 0.3 is 0 Å². The van der Waals surface area contributed by atoms with Gasteiger partial charge in [0.1, 0.15) is 17.1 Å². The molecule has 54 heavy (non-hydrogen) atoms. The summed E-state index contributed by atoms with van der Waals surface area (Å²) >= 11 is 0. The van der Waals surface area contributed by atoms with Gasteiger partial charge in [-0.15, -0.1) is 11.0 Å². The third-order valence-corrected chi connectivity index (χ3v) is 10.2. The summed E-state index contributed by atoms with van der Waals surface area (Å²) in [5.41, 5.74) is 14.5. The third-order valence-electron chi connectivity index (χ3n) is 10.2. The first kappa shape index (κ1) is 33.5. The zero-order valence-electron chi connectivity index (χ0n) is 29.6. The number of aromatic hydroxyl groups is 1. The number of hydrogen-bond donors (Lipinski definition) is 1. The van der Waals surface area contributed by atoms with Crippen LogP contribution in [-0.2, 0) is 21.1 Å². The molecule has 0 fully saturated rings. The number of imidazole rings is 1. The van der Waals surface area contributed by atoms with Crippen molar-refractivity contribution in [3.05, 3.63) is 169 Å². The number of phenols is 1. The first-order valence-electron chi connectivity index (χ1n) is 17.8. The van der Waals surface area contributed by atoms with E-state index in [1.54, 1.807) is 6.07 Å². The summed E-state index contributed by atoms with van der Waals surface area (Å²) in [6.07, 6.45) is 0. The van der Waals surface area contributed by atoms with E-state index in [1.807, 2.05) is 24.3 Å². The topological polar surface area (TPSA) is 65.0 Å². The molecule has 0 atom stereocenters. The number of rotatable bonds is 5. The van der Waals surface area contributed by atoms with E-state index in [-0.39, 0.29) is 26.8 Å². The Morgan fingerprint density at radius 3 is 2.06 bits per heavy atom. The quantitative estimate of drug-likeness (QED) is 0.187. The van der Waals surface area contributed by atoms with Crippen molar-refractivity contribution in [2.45, 2.75) is 13.8 Å². The largest absolute Gasteiger partial charge is 0.656 e. The van der Waals surface area contributed by atoms with Crippen LogP contribution in [0.3, 0.4) is 0 Å². The fraction of sp³-hybridized carbons (Fsp3) is 0.0417. The molecule has 0 bridgehead atoms. The summed E-state index contributed by atoms with van der Waals surface area (Å²) in [5, 5.41) is 14.3. The minimum atomic E-state index is 0. The van der Waals surface area contributed by atoms with Gasteiger partial charge in [-0.3, -0.25) is 4.57 Å². The molecule has 0 saturated carbocycles. The first-order valence-corrected chi connectivity index (χ1v) is 17.8.